The van der Waals surface area contributed by atoms with Crippen LogP contribution in [0.3, 0.4) is 0 Å². The number of nitrogens with one attached hydrogen (secondary N) is 1. The van der Waals surface area contributed by atoms with Crippen LogP contribution in [0, 0.1) is 5.82 Å². The molecule has 0 aliphatic carbocycles. The number of thiocarbonyl (C=S) groups is 1. The summed E-state index contributed by atoms with van der Waals surface area (Å²) in [5.74, 6) is -1.32. The monoisotopic (exact) mass is 384 g/mol. The Balaban J connectivity index is 3.26. The van der Waals surface area contributed by atoms with E-state index in [1.165, 1.54) is 13.2 Å². The Labute approximate surface area is 133 Å². The SMILES string of the molecule is COC(=O)c1cc(F)cc(Br)c1NC(=S)C(Cl)=NS. The fourth-order valence-corrected chi connectivity index (χ4v) is 2.08. The summed E-state index contributed by atoms with van der Waals surface area (Å²) in [4.78, 5) is 11.6. The molecule has 1 N–H and O–H groups in total. The minimum Gasteiger partial charge on any atom is -0.465 e. The molecule has 0 amide bonds. The van der Waals surface area contributed by atoms with Gasteiger partial charge in [0.1, 0.15) is 10.8 Å². The summed E-state index contributed by atoms with van der Waals surface area (Å²) >= 11 is 17.4. The van der Waals surface area contributed by atoms with Crippen molar-refractivity contribution in [1.82, 2.24) is 0 Å². The van der Waals surface area contributed by atoms with Crippen LogP contribution >= 0.6 is 52.6 Å². The number of carbonyl (C=O) groups excluding carboxylic acids is 1. The molecule has 0 saturated heterocycles. The normalized spacial score (nSPS) is 11.1. The van der Waals surface area contributed by atoms with Crippen LogP contribution in [0.2, 0.25) is 0 Å². The van der Waals surface area contributed by atoms with Crippen LogP contribution in [0.4, 0.5) is 10.1 Å². The lowest BCUT2D eigenvalue weighted by Crippen LogP contribution is -2.19. The van der Waals surface area contributed by atoms with Crippen LogP contribution in [0.5, 0.6) is 0 Å². The first-order valence-electron chi connectivity index (χ1n) is 4.67. The number of thiol groups is 1. The molecule has 0 aliphatic heterocycles. The van der Waals surface area contributed by atoms with E-state index in [0.717, 1.165) is 6.07 Å². The second-order valence-corrected chi connectivity index (χ2v) is 4.97. The molecule has 0 atom stereocenters. The van der Waals surface area contributed by atoms with Crippen molar-refractivity contribution in [2.45, 2.75) is 0 Å². The molecule has 0 aliphatic rings. The second kappa shape index (κ2) is 7.18. The number of benzene rings is 1. The topological polar surface area (TPSA) is 50.7 Å². The van der Waals surface area contributed by atoms with E-state index in [1.54, 1.807) is 0 Å². The minimum atomic E-state index is -0.718. The molecule has 1 aromatic rings. The molecule has 4 nitrogen and oxygen atoms in total. The standard InChI is InChI=1S/C10H7BrClFN2O2S2/c1-17-10(16)5-2-4(13)3-6(11)7(5)14-9(18)8(12)15-19/h2-3,19H,1H3,(H,14,18). The molecule has 0 saturated carbocycles. The number of rotatable bonds is 3. The van der Waals surface area contributed by atoms with E-state index in [-0.39, 0.29) is 21.4 Å². The van der Waals surface area contributed by atoms with Crippen molar-refractivity contribution in [3.63, 3.8) is 0 Å². The molecule has 19 heavy (non-hydrogen) atoms. The summed E-state index contributed by atoms with van der Waals surface area (Å²) in [7, 11) is 1.19. The maximum absolute atomic E-state index is 13.3. The minimum absolute atomic E-state index is 0.0274. The zero-order valence-corrected chi connectivity index (χ0v) is 13.5. The number of anilines is 1. The maximum atomic E-state index is 13.3. The fraction of sp³-hybridized carbons (Fsp3) is 0.100. The highest BCUT2D eigenvalue weighted by Gasteiger charge is 2.18. The van der Waals surface area contributed by atoms with Gasteiger partial charge in [-0.05, 0) is 40.9 Å². The van der Waals surface area contributed by atoms with Gasteiger partial charge in [-0.15, -0.1) is 0 Å². The lowest BCUT2D eigenvalue weighted by molar-refractivity contribution is 0.0601. The molecule has 0 aromatic heterocycles. The van der Waals surface area contributed by atoms with Crippen molar-refractivity contribution in [2.24, 2.45) is 4.40 Å². The summed E-state index contributed by atoms with van der Waals surface area (Å²) < 4.78 is 21.6. The molecule has 0 bridgehead atoms. The summed E-state index contributed by atoms with van der Waals surface area (Å²) in [6.45, 7) is 0. The van der Waals surface area contributed by atoms with Gasteiger partial charge in [-0.1, -0.05) is 23.8 Å². The molecule has 1 rings (SSSR count). The molecular weight excluding hydrogens is 379 g/mol. The van der Waals surface area contributed by atoms with Crippen molar-refractivity contribution < 1.29 is 13.9 Å². The number of hydrogen-bond donors (Lipinski definition) is 2. The van der Waals surface area contributed by atoms with Crippen LogP contribution in [-0.4, -0.2) is 23.2 Å². The molecule has 1 aromatic carbocycles. The Morgan fingerprint density at radius 3 is 2.79 bits per heavy atom. The van der Waals surface area contributed by atoms with Gasteiger partial charge in [-0.3, -0.25) is 0 Å². The highest BCUT2D eigenvalue weighted by molar-refractivity contribution is 9.10. The van der Waals surface area contributed by atoms with Gasteiger partial charge in [-0.2, -0.15) is 0 Å². The highest BCUT2D eigenvalue weighted by Crippen LogP contribution is 2.29. The maximum Gasteiger partial charge on any atom is 0.340 e. The van der Waals surface area contributed by atoms with Gasteiger partial charge in [0.15, 0.2) is 5.17 Å². The first-order chi connectivity index (χ1) is 8.90. The number of ether oxygens (including phenoxy) is 1. The molecule has 9 heteroatoms. The van der Waals surface area contributed by atoms with E-state index < -0.39 is 11.8 Å². The van der Waals surface area contributed by atoms with Crippen molar-refractivity contribution >= 4 is 74.4 Å². The summed E-state index contributed by atoms with van der Waals surface area (Å²) in [5, 5.41) is 2.61. The molecule has 0 fully saturated rings. The molecule has 0 spiro atoms. The van der Waals surface area contributed by atoms with E-state index >= 15 is 0 Å². The largest absolute Gasteiger partial charge is 0.465 e. The zero-order valence-electron chi connectivity index (χ0n) is 9.41. The molecular formula is C10H7BrClFN2O2S2. The number of halogens is 3. The zero-order chi connectivity index (χ0) is 14.6. The van der Waals surface area contributed by atoms with E-state index in [2.05, 4.69) is 43.2 Å². The van der Waals surface area contributed by atoms with Gasteiger partial charge in [-0.25, -0.2) is 13.6 Å². The second-order valence-electron chi connectivity index (χ2n) is 3.15. The quantitative estimate of drug-likeness (QED) is 0.361. The lowest BCUT2D eigenvalue weighted by Gasteiger charge is -2.12. The summed E-state index contributed by atoms with van der Waals surface area (Å²) in [6.07, 6.45) is 0. The van der Waals surface area contributed by atoms with E-state index in [9.17, 15) is 9.18 Å². The smallest absolute Gasteiger partial charge is 0.340 e. The third kappa shape index (κ3) is 4.13. The Hall–Kier alpha value is -0.700. The van der Waals surface area contributed by atoms with Crippen LogP contribution in [0.1, 0.15) is 10.4 Å². The van der Waals surface area contributed by atoms with Gasteiger partial charge in [0.2, 0.25) is 0 Å². The Bertz CT molecular complexity index is 569. The van der Waals surface area contributed by atoms with Gasteiger partial charge in [0.05, 0.1) is 18.4 Å². The van der Waals surface area contributed by atoms with Crippen LogP contribution in [0.25, 0.3) is 0 Å². The number of methoxy groups -OCH3 is 1. The average Bonchev–Trinajstić information content (AvgIpc) is 2.39. The van der Waals surface area contributed by atoms with Crippen molar-refractivity contribution in [3.05, 3.63) is 28.0 Å². The number of esters is 1. The van der Waals surface area contributed by atoms with Crippen molar-refractivity contribution in [1.29, 1.82) is 0 Å². The van der Waals surface area contributed by atoms with Gasteiger partial charge < -0.3 is 10.1 Å². The van der Waals surface area contributed by atoms with Crippen molar-refractivity contribution in [2.75, 3.05) is 12.4 Å². The predicted octanol–water partition coefficient (Wildman–Crippen LogP) is 3.60. The predicted molar refractivity (Wildman–Crippen MR) is 83.9 cm³/mol. The third-order valence-electron chi connectivity index (χ3n) is 1.97. The molecule has 0 heterocycles. The third-order valence-corrected chi connectivity index (χ3v) is 3.60. The molecule has 0 radical (unpaired) electrons. The number of nitrogens with zero attached hydrogens (tertiary/aromatic N) is 1. The number of hydrogen-bond acceptors (Lipinski definition) is 5. The van der Waals surface area contributed by atoms with Crippen LogP contribution in [0.15, 0.2) is 21.0 Å². The first-order valence-corrected chi connectivity index (χ1v) is 6.65. The number of carbonyl (C=O) groups is 1. The van der Waals surface area contributed by atoms with E-state index in [1.807, 2.05) is 0 Å². The van der Waals surface area contributed by atoms with Crippen LogP contribution < -0.4 is 5.32 Å². The summed E-state index contributed by atoms with van der Waals surface area (Å²) in [5.41, 5.74) is 0.203. The van der Waals surface area contributed by atoms with Gasteiger partial charge >= 0.3 is 5.97 Å². The van der Waals surface area contributed by atoms with E-state index in [0.29, 0.717) is 4.47 Å². The van der Waals surface area contributed by atoms with Gasteiger partial charge in [0, 0.05) is 4.47 Å². The average molecular weight is 386 g/mol. The Kier molecular flexibility index (Phi) is 6.18. The first kappa shape index (κ1) is 16.4. The van der Waals surface area contributed by atoms with Gasteiger partial charge in [0.25, 0.3) is 0 Å². The van der Waals surface area contributed by atoms with E-state index in [4.69, 9.17) is 23.8 Å². The molecule has 0 unspecified atom stereocenters. The van der Waals surface area contributed by atoms with Crippen molar-refractivity contribution in [3.8, 4) is 0 Å². The molecule has 102 valence electrons. The fourth-order valence-electron chi connectivity index (χ4n) is 1.18. The summed E-state index contributed by atoms with van der Waals surface area (Å²) in [6, 6.07) is 2.19. The van der Waals surface area contributed by atoms with Crippen LogP contribution in [-0.2, 0) is 4.74 Å². The highest BCUT2D eigenvalue weighted by atomic mass is 79.9. The Morgan fingerprint density at radius 2 is 2.26 bits per heavy atom. The lowest BCUT2D eigenvalue weighted by atomic mass is 10.1. The Morgan fingerprint density at radius 1 is 1.63 bits per heavy atom.